The van der Waals surface area contributed by atoms with E-state index >= 15 is 0 Å². The number of thioether (sulfide) groups is 1. The molecule has 1 saturated heterocycles. The van der Waals surface area contributed by atoms with E-state index in [0.29, 0.717) is 6.61 Å². The summed E-state index contributed by atoms with van der Waals surface area (Å²) in [6.45, 7) is 8.88. The summed E-state index contributed by atoms with van der Waals surface area (Å²) in [4.78, 5) is 1.18. The molecule has 0 aromatic heterocycles. The summed E-state index contributed by atoms with van der Waals surface area (Å²) >= 11 is 1.75. The largest absolute Gasteiger partial charge is 0.497 e. The van der Waals surface area contributed by atoms with Crippen LogP contribution < -0.4 is 14.9 Å². The molecule has 27 heavy (non-hydrogen) atoms. The monoisotopic (exact) mass is 386 g/mol. The van der Waals surface area contributed by atoms with Crippen molar-refractivity contribution >= 4 is 24.3 Å². The molecule has 1 heterocycles. The van der Waals surface area contributed by atoms with E-state index in [1.807, 2.05) is 42.5 Å². The smallest absolute Gasteiger partial charge is 0.494 e. The normalized spacial score (nSPS) is 17.7. The molecule has 0 N–H and O–H groups in total. The maximum atomic E-state index is 6.08. The van der Waals surface area contributed by atoms with Gasteiger partial charge >= 0.3 is 7.12 Å². The molecule has 144 valence electrons. The average Bonchev–Trinajstić information content (AvgIpc) is 2.87. The van der Waals surface area contributed by atoms with Crippen molar-refractivity contribution in [2.24, 2.45) is 0 Å². The summed E-state index contributed by atoms with van der Waals surface area (Å²) in [5.74, 6) is 2.59. The minimum Gasteiger partial charge on any atom is -0.497 e. The zero-order chi connectivity index (χ0) is 19.5. The van der Waals surface area contributed by atoms with Gasteiger partial charge in [0.1, 0.15) is 11.5 Å². The second-order valence-electron chi connectivity index (χ2n) is 7.53. The average molecular weight is 386 g/mol. The number of ether oxygens (including phenoxy) is 2. The highest BCUT2D eigenvalue weighted by atomic mass is 32.2. The zero-order valence-corrected chi connectivity index (χ0v) is 17.5. The molecule has 1 aliphatic heterocycles. The number of rotatable bonds is 7. The summed E-state index contributed by atoms with van der Waals surface area (Å²) in [5, 5.41) is 0. The third-order valence-corrected chi connectivity index (χ3v) is 6.03. The van der Waals surface area contributed by atoms with Crippen LogP contribution in [-0.2, 0) is 9.31 Å². The molecule has 6 heteroatoms. The van der Waals surface area contributed by atoms with Crippen molar-refractivity contribution in [2.75, 3.05) is 19.5 Å². The lowest BCUT2D eigenvalue weighted by Crippen LogP contribution is -2.41. The van der Waals surface area contributed by atoms with E-state index in [0.717, 1.165) is 22.7 Å². The van der Waals surface area contributed by atoms with Crippen LogP contribution in [0.15, 0.2) is 53.4 Å². The van der Waals surface area contributed by atoms with Gasteiger partial charge in [-0.2, -0.15) is 0 Å². The Morgan fingerprint density at radius 1 is 0.926 bits per heavy atom. The Morgan fingerprint density at radius 2 is 1.59 bits per heavy atom. The van der Waals surface area contributed by atoms with Gasteiger partial charge in [0.15, 0.2) is 0 Å². The lowest BCUT2D eigenvalue weighted by molar-refractivity contribution is 0.00578. The molecule has 0 radical (unpaired) electrons. The van der Waals surface area contributed by atoms with Gasteiger partial charge in [0.25, 0.3) is 0 Å². The van der Waals surface area contributed by atoms with Crippen molar-refractivity contribution in [3.8, 4) is 11.5 Å². The van der Waals surface area contributed by atoms with Crippen molar-refractivity contribution in [1.82, 2.24) is 0 Å². The summed E-state index contributed by atoms with van der Waals surface area (Å²) in [7, 11) is 1.34. The van der Waals surface area contributed by atoms with Gasteiger partial charge in [-0.1, -0.05) is 18.2 Å². The first-order valence-corrected chi connectivity index (χ1v) is 10.1. The minimum atomic E-state index is -0.340. The van der Waals surface area contributed by atoms with Crippen LogP contribution in [0.4, 0.5) is 0 Å². The van der Waals surface area contributed by atoms with E-state index in [1.54, 1.807) is 18.9 Å². The molecule has 0 bridgehead atoms. The Labute approximate surface area is 166 Å². The molecule has 0 unspecified atom stereocenters. The van der Waals surface area contributed by atoms with Gasteiger partial charge in [0.2, 0.25) is 0 Å². The van der Waals surface area contributed by atoms with Gasteiger partial charge in [-0.25, -0.2) is 0 Å². The fraction of sp³-hybridized carbons (Fsp3) is 0.429. The SMILES string of the molecule is COc1cccc(SCCOc2ccc(B3OC(C)(C)C(C)(C)O3)cc2)c1. The highest BCUT2D eigenvalue weighted by Crippen LogP contribution is 2.36. The van der Waals surface area contributed by atoms with Crippen LogP contribution in [0.25, 0.3) is 0 Å². The second kappa shape index (κ2) is 8.17. The summed E-state index contributed by atoms with van der Waals surface area (Å²) in [5.41, 5.74) is 0.348. The second-order valence-corrected chi connectivity index (χ2v) is 8.70. The molecule has 4 nitrogen and oxygen atoms in total. The molecule has 2 aromatic carbocycles. The lowest BCUT2D eigenvalue weighted by Gasteiger charge is -2.32. The minimum absolute atomic E-state index is 0.329. The first-order chi connectivity index (χ1) is 12.8. The highest BCUT2D eigenvalue weighted by molar-refractivity contribution is 7.99. The van der Waals surface area contributed by atoms with E-state index in [9.17, 15) is 0 Å². The Kier molecular flexibility index (Phi) is 6.09. The van der Waals surface area contributed by atoms with Crippen molar-refractivity contribution in [3.63, 3.8) is 0 Å². The topological polar surface area (TPSA) is 36.9 Å². The van der Waals surface area contributed by atoms with Crippen LogP contribution in [0.1, 0.15) is 27.7 Å². The van der Waals surface area contributed by atoms with Gasteiger partial charge in [0.05, 0.1) is 24.9 Å². The van der Waals surface area contributed by atoms with Crippen molar-refractivity contribution < 1.29 is 18.8 Å². The molecule has 0 amide bonds. The molecule has 2 aromatic rings. The van der Waals surface area contributed by atoms with Gasteiger partial charge in [-0.15, -0.1) is 11.8 Å². The van der Waals surface area contributed by atoms with Gasteiger partial charge in [-0.05, 0) is 63.5 Å². The standard InChI is InChI=1S/C21H27BO4S/c1-20(2)21(3,4)26-22(25-20)16-9-11-17(12-10-16)24-13-14-27-19-8-6-7-18(15-19)23-5/h6-12,15H,13-14H2,1-5H3. The summed E-state index contributed by atoms with van der Waals surface area (Å²) < 4.78 is 23.3. The Morgan fingerprint density at radius 3 is 2.22 bits per heavy atom. The zero-order valence-electron chi connectivity index (χ0n) is 16.7. The Balaban J connectivity index is 1.48. The molecule has 1 aliphatic rings. The van der Waals surface area contributed by atoms with Crippen molar-refractivity contribution in [1.29, 1.82) is 0 Å². The van der Waals surface area contributed by atoms with Gasteiger partial charge in [-0.3, -0.25) is 0 Å². The van der Waals surface area contributed by atoms with E-state index in [-0.39, 0.29) is 18.3 Å². The first-order valence-electron chi connectivity index (χ1n) is 9.16. The van der Waals surface area contributed by atoms with Gasteiger partial charge in [0, 0.05) is 10.6 Å². The van der Waals surface area contributed by atoms with Crippen molar-refractivity contribution in [3.05, 3.63) is 48.5 Å². The summed E-state index contributed by atoms with van der Waals surface area (Å²) in [6, 6.07) is 16.0. The van der Waals surface area contributed by atoms with E-state index in [4.69, 9.17) is 18.8 Å². The third-order valence-electron chi connectivity index (χ3n) is 5.07. The first kappa shape index (κ1) is 20.1. The Bertz CT molecular complexity index is 745. The lowest BCUT2D eigenvalue weighted by atomic mass is 9.79. The van der Waals surface area contributed by atoms with E-state index in [2.05, 4.69) is 33.8 Å². The number of benzene rings is 2. The van der Waals surface area contributed by atoms with Crippen LogP contribution in [-0.4, -0.2) is 37.8 Å². The number of hydrogen-bond acceptors (Lipinski definition) is 5. The molecule has 0 atom stereocenters. The van der Waals surface area contributed by atoms with E-state index < -0.39 is 0 Å². The highest BCUT2D eigenvalue weighted by Gasteiger charge is 2.51. The third kappa shape index (κ3) is 4.81. The van der Waals surface area contributed by atoms with Crippen molar-refractivity contribution in [2.45, 2.75) is 43.8 Å². The fourth-order valence-electron chi connectivity index (χ4n) is 2.71. The van der Waals surface area contributed by atoms with Gasteiger partial charge < -0.3 is 18.8 Å². The predicted molar refractivity (Wildman–Crippen MR) is 111 cm³/mol. The predicted octanol–water partition coefficient (Wildman–Crippen LogP) is 4.17. The molecule has 0 saturated carbocycles. The number of methoxy groups -OCH3 is 1. The van der Waals surface area contributed by atoms with Crippen LogP contribution >= 0.6 is 11.8 Å². The van der Waals surface area contributed by atoms with E-state index in [1.165, 1.54) is 4.90 Å². The quantitative estimate of drug-likeness (QED) is 0.406. The van der Waals surface area contributed by atoms with Crippen LogP contribution in [0.2, 0.25) is 0 Å². The van der Waals surface area contributed by atoms with Crippen LogP contribution in [0.5, 0.6) is 11.5 Å². The maximum Gasteiger partial charge on any atom is 0.494 e. The fourth-order valence-corrected chi connectivity index (χ4v) is 3.49. The molecular weight excluding hydrogens is 359 g/mol. The molecular formula is C21H27BO4S. The number of hydrogen-bond donors (Lipinski definition) is 0. The summed E-state index contributed by atoms with van der Waals surface area (Å²) in [6.07, 6.45) is 0. The maximum absolute atomic E-state index is 6.08. The molecule has 1 fully saturated rings. The molecule has 0 aliphatic carbocycles. The molecule has 0 spiro atoms. The van der Waals surface area contributed by atoms with Crippen LogP contribution in [0.3, 0.4) is 0 Å². The van der Waals surface area contributed by atoms with Crippen LogP contribution in [0, 0.1) is 0 Å². The molecule has 3 rings (SSSR count). The Hall–Kier alpha value is -1.63.